The van der Waals surface area contributed by atoms with Crippen molar-refractivity contribution >= 4 is 0 Å². The molecule has 0 unspecified atom stereocenters. The van der Waals surface area contributed by atoms with Gasteiger partial charge in [-0.05, 0) is 19.0 Å². The molecule has 0 aromatic heterocycles. The van der Waals surface area contributed by atoms with Crippen LogP contribution in [0.25, 0.3) is 0 Å². The van der Waals surface area contributed by atoms with Crippen molar-refractivity contribution in [3.63, 3.8) is 0 Å². The van der Waals surface area contributed by atoms with Gasteiger partial charge in [-0.1, -0.05) is 43.2 Å². The van der Waals surface area contributed by atoms with Crippen molar-refractivity contribution in [1.82, 2.24) is 5.32 Å². The number of hydrogen-bond acceptors (Lipinski definition) is 1. The third-order valence-electron chi connectivity index (χ3n) is 1.88. The highest BCUT2D eigenvalue weighted by molar-refractivity contribution is 5.13. The maximum atomic E-state index is 4.00. The summed E-state index contributed by atoms with van der Waals surface area (Å²) in [5.41, 5.74) is 1.50. The molecule has 0 amide bonds. The molecule has 1 aliphatic rings. The SMILES string of the molecule is C#C.CCC/C1=C/NC/C=C\C=C/C1. The van der Waals surface area contributed by atoms with Crippen LogP contribution in [0.5, 0.6) is 0 Å². The van der Waals surface area contributed by atoms with Gasteiger partial charge in [-0.3, -0.25) is 0 Å². The smallest absolute Gasteiger partial charge is 0.0328 e. The van der Waals surface area contributed by atoms with Gasteiger partial charge in [0.25, 0.3) is 0 Å². The van der Waals surface area contributed by atoms with Crippen molar-refractivity contribution in [3.8, 4) is 12.8 Å². The summed E-state index contributed by atoms with van der Waals surface area (Å²) in [6.45, 7) is 3.16. The van der Waals surface area contributed by atoms with E-state index in [0.29, 0.717) is 0 Å². The second-order valence-corrected chi connectivity index (χ2v) is 3.02. The predicted molar refractivity (Wildman–Crippen MR) is 63.8 cm³/mol. The first kappa shape index (κ1) is 12.6. The van der Waals surface area contributed by atoms with E-state index < -0.39 is 0 Å². The van der Waals surface area contributed by atoms with Crippen LogP contribution < -0.4 is 5.32 Å². The largest absolute Gasteiger partial charge is 0.387 e. The normalized spacial score (nSPS) is 23.2. The molecule has 0 aromatic rings. The number of rotatable bonds is 2. The van der Waals surface area contributed by atoms with Crippen molar-refractivity contribution in [2.45, 2.75) is 26.2 Å². The maximum Gasteiger partial charge on any atom is 0.0328 e. The van der Waals surface area contributed by atoms with E-state index in [0.717, 1.165) is 13.0 Å². The van der Waals surface area contributed by atoms with Crippen LogP contribution in [0.15, 0.2) is 36.1 Å². The summed E-state index contributed by atoms with van der Waals surface area (Å²) in [7, 11) is 0. The lowest BCUT2D eigenvalue weighted by Crippen LogP contribution is -2.05. The van der Waals surface area contributed by atoms with Gasteiger partial charge in [0.05, 0.1) is 0 Å². The highest BCUT2D eigenvalue weighted by Crippen LogP contribution is 2.09. The summed E-state index contributed by atoms with van der Waals surface area (Å²) >= 11 is 0. The highest BCUT2D eigenvalue weighted by Gasteiger charge is 1.93. The molecule has 76 valence electrons. The Hall–Kier alpha value is -1.42. The molecule has 1 nitrogen and oxygen atoms in total. The summed E-state index contributed by atoms with van der Waals surface area (Å²) in [5.74, 6) is 0. The zero-order valence-electron chi connectivity index (χ0n) is 8.87. The fourth-order valence-electron chi connectivity index (χ4n) is 1.27. The molecule has 1 rings (SSSR count). The average Bonchev–Trinajstić information content (AvgIpc) is 2.35. The molecular weight excluding hydrogens is 170 g/mol. The fraction of sp³-hybridized carbons (Fsp3) is 0.385. The molecule has 0 saturated carbocycles. The zero-order valence-corrected chi connectivity index (χ0v) is 8.87. The number of terminal acetylenes is 1. The monoisotopic (exact) mass is 189 g/mol. The Morgan fingerprint density at radius 1 is 1.29 bits per heavy atom. The Balaban J connectivity index is 0.000000791. The quantitative estimate of drug-likeness (QED) is 0.658. The lowest BCUT2D eigenvalue weighted by atomic mass is 10.1. The van der Waals surface area contributed by atoms with Gasteiger partial charge in [-0.15, -0.1) is 12.8 Å². The van der Waals surface area contributed by atoms with E-state index in [1.165, 1.54) is 18.4 Å². The third kappa shape index (κ3) is 6.14. The molecule has 1 heteroatoms. The van der Waals surface area contributed by atoms with Crippen LogP contribution in [0.3, 0.4) is 0 Å². The van der Waals surface area contributed by atoms with Gasteiger partial charge < -0.3 is 5.32 Å². The van der Waals surface area contributed by atoms with E-state index in [9.17, 15) is 0 Å². The molecule has 0 atom stereocenters. The molecule has 0 saturated heterocycles. The minimum atomic E-state index is 0.942. The number of hydrogen-bond donors (Lipinski definition) is 1. The molecule has 1 N–H and O–H groups in total. The lowest BCUT2D eigenvalue weighted by Gasteiger charge is -2.02. The zero-order chi connectivity index (χ0) is 10.6. The van der Waals surface area contributed by atoms with Crippen LogP contribution in [-0.4, -0.2) is 6.54 Å². The average molecular weight is 189 g/mol. The van der Waals surface area contributed by atoms with Crippen LogP contribution in [0.1, 0.15) is 26.2 Å². The molecule has 0 radical (unpaired) electrons. The predicted octanol–water partition coefficient (Wildman–Crippen LogP) is 3.03. The van der Waals surface area contributed by atoms with E-state index in [-0.39, 0.29) is 0 Å². The van der Waals surface area contributed by atoms with Gasteiger partial charge in [0, 0.05) is 6.54 Å². The second kappa shape index (κ2) is 9.67. The number of nitrogens with one attached hydrogen (secondary N) is 1. The van der Waals surface area contributed by atoms with Crippen molar-refractivity contribution in [3.05, 3.63) is 36.1 Å². The van der Waals surface area contributed by atoms with Crippen LogP contribution in [0, 0.1) is 12.8 Å². The summed E-state index contributed by atoms with van der Waals surface area (Å²) in [6, 6.07) is 0. The standard InChI is InChI=1S/C11H17N.C2H2/c1-2-7-11-8-5-3-4-6-9-12-10-11;1-2/h3-6,10,12H,2,7-9H2,1H3;1-2H/b5-3-,6-4-,11-10-;. The first-order chi connectivity index (χ1) is 6.93. The summed E-state index contributed by atoms with van der Waals surface area (Å²) in [4.78, 5) is 0. The van der Waals surface area contributed by atoms with Crippen LogP contribution in [0.2, 0.25) is 0 Å². The summed E-state index contributed by atoms with van der Waals surface area (Å²) < 4.78 is 0. The van der Waals surface area contributed by atoms with E-state index in [1.54, 1.807) is 0 Å². The van der Waals surface area contributed by atoms with E-state index in [4.69, 9.17) is 0 Å². The van der Waals surface area contributed by atoms with Crippen molar-refractivity contribution in [2.75, 3.05) is 6.54 Å². The Kier molecular flexibility index (Phi) is 8.69. The molecule has 1 aliphatic heterocycles. The molecule has 14 heavy (non-hydrogen) atoms. The van der Waals surface area contributed by atoms with E-state index in [1.807, 2.05) is 0 Å². The molecule has 1 heterocycles. The molecule has 0 fully saturated rings. The number of allylic oxidation sites excluding steroid dienone is 4. The first-order valence-corrected chi connectivity index (χ1v) is 4.99. The molecule has 0 aromatic carbocycles. The Bertz CT molecular complexity index is 231. The van der Waals surface area contributed by atoms with Gasteiger partial charge in [-0.25, -0.2) is 0 Å². The fourth-order valence-corrected chi connectivity index (χ4v) is 1.27. The maximum absolute atomic E-state index is 4.00. The topological polar surface area (TPSA) is 12.0 Å². The Morgan fingerprint density at radius 2 is 2.00 bits per heavy atom. The van der Waals surface area contributed by atoms with Crippen LogP contribution >= 0.6 is 0 Å². The Morgan fingerprint density at radius 3 is 2.71 bits per heavy atom. The Labute approximate surface area is 87.6 Å². The van der Waals surface area contributed by atoms with Crippen LogP contribution in [0.4, 0.5) is 0 Å². The van der Waals surface area contributed by atoms with Gasteiger partial charge in [0.2, 0.25) is 0 Å². The van der Waals surface area contributed by atoms with Gasteiger partial charge in [0.15, 0.2) is 0 Å². The molecule has 0 aliphatic carbocycles. The minimum Gasteiger partial charge on any atom is -0.387 e. The third-order valence-corrected chi connectivity index (χ3v) is 1.88. The van der Waals surface area contributed by atoms with Crippen molar-refractivity contribution in [2.24, 2.45) is 0 Å². The van der Waals surface area contributed by atoms with E-state index in [2.05, 4.69) is 55.6 Å². The first-order valence-electron chi connectivity index (χ1n) is 4.99. The molecule has 0 bridgehead atoms. The highest BCUT2D eigenvalue weighted by atomic mass is 14.8. The summed E-state index contributed by atoms with van der Waals surface area (Å²) in [6.07, 6.45) is 22.2. The van der Waals surface area contributed by atoms with Gasteiger partial charge >= 0.3 is 0 Å². The summed E-state index contributed by atoms with van der Waals surface area (Å²) in [5, 5.41) is 3.27. The molecular formula is C13H19N. The van der Waals surface area contributed by atoms with Crippen LogP contribution in [-0.2, 0) is 0 Å². The second-order valence-electron chi connectivity index (χ2n) is 3.02. The van der Waals surface area contributed by atoms with Crippen molar-refractivity contribution in [1.29, 1.82) is 0 Å². The van der Waals surface area contributed by atoms with Gasteiger partial charge in [-0.2, -0.15) is 0 Å². The molecule has 0 spiro atoms. The minimum absolute atomic E-state index is 0.942. The van der Waals surface area contributed by atoms with Crippen molar-refractivity contribution < 1.29 is 0 Å². The lowest BCUT2D eigenvalue weighted by molar-refractivity contribution is 0.851. The van der Waals surface area contributed by atoms with E-state index >= 15 is 0 Å². The van der Waals surface area contributed by atoms with Gasteiger partial charge in [0.1, 0.15) is 0 Å².